The van der Waals surface area contributed by atoms with Gasteiger partial charge in [0.2, 0.25) is 0 Å². The van der Waals surface area contributed by atoms with Crippen molar-refractivity contribution < 1.29 is 22.7 Å². The van der Waals surface area contributed by atoms with Gasteiger partial charge in [-0.25, -0.2) is 8.42 Å². The number of hydrogen-bond donors (Lipinski definition) is 2. The zero-order valence-electron chi connectivity index (χ0n) is 17.4. The molecule has 31 heavy (non-hydrogen) atoms. The molecule has 0 aliphatic carbocycles. The Bertz CT molecular complexity index is 1290. The molecule has 160 valence electrons. The second-order valence-electron chi connectivity index (χ2n) is 7.23. The molecule has 1 heterocycles. The quantitative estimate of drug-likeness (QED) is 0.593. The van der Waals surface area contributed by atoms with Crippen LogP contribution in [0.25, 0.3) is 0 Å². The number of carbonyl (C=O) groups is 1. The Hall–Kier alpha value is -3.52. The van der Waals surface area contributed by atoms with Gasteiger partial charge < -0.3 is 14.8 Å². The molecule has 1 aliphatic rings. The van der Waals surface area contributed by atoms with Crippen LogP contribution in [-0.4, -0.2) is 20.9 Å². The first-order chi connectivity index (χ1) is 14.8. The summed E-state index contributed by atoms with van der Waals surface area (Å²) >= 11 is 0. The van der Waals surface area contributed by atoms with Crippen LogP contribution in [0.15, 0.2) is 59.5 Å². The molecule has 0 aromatic heterocycles. The Balaban J connectivity index is 1.63. The van der Waals surface area contributed by atoms with Gasteiger partial charge in [0.15, 0.2) is 5.75 Å². The first kappa shape index (κ1) is 20.7. The third-order valence-corrected chi connectivity index (χ3v) is 6.22. The van der Waals surface area contributed by atoms with Crippen molar-refractivity contribution in [3.8, 4) is 17.2 Å². The van der Waals surface area contributed by atoms with E-state index in [2.05, 4.69) is 10.0 Å². The van der Waals surface area contributed by atoms with E-state index in [1.807, 2.05) is 26.0 Å². The van der Waals surface area contributed by atoms with Gasteiger partial charge in [-0.3, -0.25) is 9.52 Å². The summed E-state index contributed by atoms with van der Waals surface area (Å²) in [6.07, 6.45) is 0. The molecule has 0 saturated heterocycles. The van der Waals surface area contributed by atoms with Gasteiger partial charge in [-0.15, -0.1) is 0 Å². The van der Waals surface area contributed by atoms with E-state index in [0.717, 1.165) is 5.56 Å². The smallest absolute Gasteiger partial charge is 0.261 e. The Morgan fingerprint density at radius 1 is 1.00 bits per heavy atom. The molecule has 0 saturated carbocycles. The van der Waals surface area contributed by atoms with Crippen molar-refractivity contribution in [1.29, 1.82) is 0 Å². The van der Waals surface area contributed by atoms with Crippen molar-refractivity contribution in [2.45, 2.75) is 25.7 Å². The number of rotatable bonds is 5. The fourth-order valence-electron chi connectivity index (χ4n) is 3.32. The highest BCUT2D eigenvalue weighted by Gasteiger charge is 2.23. The highest BCUT2D eigenvalue weighted by Crippen LogP contribution is 2.37. The number of sulfonamides is 1. The number of fused-ring (bicyclic) bond motifs is 2. The molecular weight excluding hydrogens is 416 g/mol. The normalized spacial score (nSPS) is 12.7. The van der Waals surface area contributed by atoms with E-state index in [9.17, 15) is 13.2 Å². The molecule has 0 bridgehead atoms. The Kier molecular flexibility index (Phi) is 5.32. The SMILES string of the molecule is CCOc1ccc(S(=O)(=O)Nc2ccc3c(c2)C(=O)Nc2cc(C)ccc2O3)cc1C. The second-order valence-corrected chi connectivity index (χ2v) is 8.91. The van der Waals surface area contributed by atoms with Crippen LogP contribution in [0, 0.1) is 13.8 Å². The van der Waals surface area contributed by atoms with E-state index >= 15 is 0 Å². The van der Waals surface area contributed by atoms with Gasteiger partial charge in [-0.1, -0.05) is 6.07 Å². The lowest BCUT2D eigenvalue weighted by molar-refractivity contribution is 0.102. The Morgan fingerprint density at radius 3 is 2.52 bits per heavy atom. The molecule has 0 unspecified atom stereocenters. The van der Waals surface area contributed by atoms with Crippen LogP contribution in [0.2, 0.25) is 0 Å². The number of benzene rings is 3. The molecular formula is C23H22N2O5S. The number of carbonyl (C=O) groups excluding carboxylic acids is 1. The molecule has 0 fully saturated rings. The fourth-order valence-corrected chi connectivity index (χ4v) is 4.45. The molecule has 0 radical (unpaired) electrons. The summed E-state index contributed by atoms with van der Waals surface area (Å²) < 4.78 is 39.6. The van der Waals surface area contributed by atoms with Gasteiger partial charge >= 0.3 is 0 Å². The topological polar surface area (TPSA) is 93.7 Å². The zero-order valence-corrected chi connectivity index (χ0v) is 18.2. The van der Waals surface area contributed by atoms with Crippen molar-refractivity contribution >= 4 is 27.3 Å². The van der Waals surface area contributed by atoms with E-state index in [1.54, 1.807) is 37.3 Å². The Morgan fingerprint density at radius 2 is 1.77 bits per heavy atom. The molecule has 3 aromatic carbocycles. The van der Waals surface area contributed by atoms with Crippen LogP contribution in [-0.2, 0) is 10.0 Å². The van der Waals surface area contributed by atoms with E-state index in [4.69, 9.17) is 9.47 Å². The van der Waals surface area contributed by atoms with E-state index < -0.39 is 10.0 Å². The lowest BCUT2D eigenvalue weighted by atomic mass is 10.1. The van der Waals surface area contributed by atoms with Crippen LogP contribution >= 0.6 is 0 Å². The maximum atomic E-state index is 12.9. The summed E-state index contributed by atoms with van der Waals surface area (Å²) in [6.45, 7) is 6.06. The third kappa shape index (κ3) is 4.20. The fraction of sp³-hybridized carbons (Fsp3) is 0.174. The van der Waals surface area contributed by atoms with Gasteiger partial charge in [0.1, 0.15) is 11.5 Å². The lowest BCUT2D eigenvalue weighted by Gasteiger charge is -2.13. The van der Waals surface area contributed by atoms with Crippen LogP contribution < -0.4 is 19.5 Å². The minimum atomic E-state index is -3.86. The molecule has 7 nitrogen and oxygen atoms in total. The van der Waals surface area contributed by atoms with E-state index in [-0.39, 0.29) is 22.1 Å². The summed E-state index contributed by atoms with van der Waals surface area (Å²) in [5.41, 5.74) is 2.75. The maximum Gasteiger partial charge on any atom is 0.261 e. The van der Waals surface area contributed by atoms with Crippen LogP contribution in [0.4, 0.5) is 11.4 Å². The standard InChI is InChI=1S/C23H22N2O5S/c1-4-29-20-10-7-17(12-15(20)3)31(27,28)25-16-6-9-21-18(13-16)23(26)24-19-11-14(2)5-8-22(19)30-21/h5-13,25H,4H2,1-3H3,(H,24,26). The van der Waals surface area contributed by atoms with Crippen LogP contribution in [0.1, 0.15) is 28.4 Å². The first-order valence-corrected chi connectivity index (χ1v) is 11.3. The zero-order chi connectivity index (χ0) is 22.2. The van der Waals surface area contributed by atoms with Crippen molar-refractivity contribution in [3.63, 3.8) is 0 Å². The van der Waals surface area contributed by atoms with Crippen molar-refractivity contribution in [1.82, 2.24) is 0 Å². The molecule has 0 spiro atoms. The van der Waals surface area contributed by atoms with Gasteiger partial charge in [-0.05, 0) is 80.4 Å². The lowest BCUT2D eigenvalue weighted by Crippen LogP contribution is -2.15. The van der Waals surface area contributed by atoms with Gasteiger partial charge in [0, 0.05) is 5.69 Å². The molecule has 1 amide bonds. The number of anilines is 2. The summed E-state index contributed by atoms with van der Waals surface area (Å²) in [7, 11) is -3.86. The number of amides is 1. The predicted molar refractivity (Wildman–Crippen MR) is 119 cm³/mol. The third-order valence-electron chi connectivity index (χ3n) is 4.84. The largest absolute Gasteiger partial charge is 0.494 e. The highest BCUT2D eigenvalue weighted by molar-refractivity contribution is 7.92. The molecule has 3 aromatic rings. The molecule has 2 N–H and O–H groups in total. The summed E-state index contributed by atoms with van der Waals surface area (Å²) in [5.74, 6) is 1.13. The first-order valence-electron chi connectivity index (χ1n) is 9.77. The van der Waals surface area contributed by atoms with Crippen molar-refractivity contribution in [3.05, 3.63) is 71.3 Å². The van der Waals surface area contributed by atoms with Crippen LogP contribution in [0.3, 0.4) is 0 Å². The Labute approximate surface area is 181 Å². The van der Waals surface area contributed by atoms with Gasteiger partial charge in [0.25, 0.3) is 15.9 Å². The maximum absolute atomic E-state index is 12.9. The average molecular weight is 439 g/mol. The molecule has 0 atom stereocenters. The second kappa shape index (κ2) is 7.96. The summed E-state index contributed by atoms with van der Waals surface area (Å²) in [5, 5.41) is 2.81. The summed E-state index contributed by atoms with van der Waals surface area (Å²) in [6, 6.07) is 14.7. The number of ether oxygens (including phenoxy) is 2. The molecule has 8 heteroatoms. The number of aryl methyl sites for hydroxylation is 2. The average Bonchev–Trinajstić information content (AvgIpc) is 2.85. The monoisotopic (exact) mass is 438 g/mol. The highest BCUT2D eigenvalue weighted by atomic mass is 32.2. The molecule has 1 aliphatic heterocycles. The van der Waals surface area contributed by atoms with Crippen molar-refractivity contribution in [2.24, 2.45) is 0 Å². The number of hydrogen-bond acceptors (Lipinski definition) is 5. The van der Waals surface area contributed by atoms with Gasteiger partial charge in [-0.2, -0.15) is 0 Å². The minimum absolute atomic E-state index is 0.104. The summed E-state index contributed by atoms with van der Waals surface area (Å²) in [4.78, 5) is 12.8. The van der Waals surface area contributed by atoms with E-state index in [1.165, 1.54) is 12.1 Å². The van der Waals surface area contributed by atoms with Gasteiger partial charge in [0.05, 0.1) is 22.8 Å². The molecule has 4 rings (SSSR count). The number of nitrogens with one attached hydrogen (secondary N) is 2. The van der Waals surface area contributed by atoms with Crippen LogP contribution in [0.5, 0.6) is 17.2 Å². The minimum Gasteiger partial charge on any atom is -0.494 e. The predicted octanol–water partition coefficient (Wildman–Crippen LogP) is 4.86. The van der Waals surface area contributed by atoms with Crippen molar-refractivity contribution in [2.75, 3.05) is 16.6 Å². The van der Waals surface area contributed by atoms with E-state index in [0.29, 0.717) is 35.1 Å².